The van der Waals surface area contributed by atoms with Crippen molar-refractivity contribution in [2.75, 3.05) is 13.1 Å². The van der Waals surface area contributed by atoms with Crippen LogP contribution in [-0.2, 0) is 22.4 Å². The van der Waals surface area contributed by atoms with Gasteiger partial charge in [0.1, 0.15) is 6.04 Å². The molecule has 3 aromatic rings. The molecule has 9 heteroatoms. The van der Waals surface area contributed by atoms with Crippen molar-refractivity contribution in [2.24, 2.45) is 22.2 Å². The van der Waals surface area contributed by atoms with Crippen molar-refractivity contribution in [1.82, 2.24) is 10.6 Å². The first-order valence-corrected chi connectivity index (χ1v) is 11.8. The molecule has 3 aromatic carbocycles. The van der Waals surface area contributed by atoms with Crippen LogP contribution < -0.4 is 27.8 Å². The van der Waals surface area contributed by atoms with Crippen LogP contribution in [0.2, 0.25) is 5.02 Å². The van der Waals surface area contributed by atoms with Crippen molar-refractivity contribution in [1.29, 1.82) is 0 Å². The van der Waals surface area contributed by atoms with Crippen LogP contribution in [0.4, 0.5) is 0 Å². The van der Waals surface area contributed by atoms with E-state index < -0.39 is 23.9 Å². The van der Waals surface area contributed by atoms with E-state index in [1.807, 2.05) is 54.6 Å². The summed E-state index contributed by atoms with van der Waals surface area (Å²) in [6.07, 6.45) is 1.20. The quantitative estimate of drug-likeness (QED) is 0.166. The zero-order valence-corrected chi connectivity index (χ0v) is 20.2. The van der Waals surface area contributed by atoms with Gasteiger partial charge in [-0.05, 0) is 53.4 Å². The number of rotatable bonds is 10. The van der Waals surface area contributed by atoms with Gasteiger partial charge in [-0.15, -0.1) is 0 Å². The number of fused-ring (bicyclic) bond motifs is 1. The summed E-state index contributed by atoms with van der Waals surface area (Å²) in [6.45, 7) is 0.866. The molecule has 0 heterocycles. The van der Waals surface area contributed by atoms with Gasteiger partial charge >= 0.3 is 0 Å². The molecule has 0 aliphatic heterocycles. The minimum atomic E-state index is -0.909. The van der Waals surface area contributed by atoms with E-state index >= 15 is 0 Å². The molecule has 0 aliphatic rings. The van der Waals surface area contributed by atoms with Crippen LogP contribution in [0.3, 0.4) is 0 Å². The fraction of sp³-hybridized carbons (Fsp3) is 0.269. The van der Waals surface area contributed by atoms with Crippen molar-refractivity contribution < 1.29 is 9.59 Å². The van der Waals surface area contributed by atoms with E-state index in [1.165, 1.54) is 0 Å². The van der Waals surface area contributed by atoms with Crippen LogP contribution in [0, 0.1) is 0 Å². The van der Waals surface area contributed by atoms with Crippen molar-refractivity contribution in [3.8, 4) is 0 Å². The zero-order valence-electron chi connectivity index (χ0n) is 19.4. The Labute approximate surface area is 209 Å². The van der Waals surface area contributed by atoms with E-state index in [9.17, 15) is 9.59 Å². The number of hydrogen-bond donors (Lipinski definition) is 5. The Hall–Kier alpha value is -3.46. The van der Waals surface area contributed by atoms with Gasteiger partial charge in [0.05, 0.1) is 6.04 Å². The molecule has 8 nitrogen and oxygen atoms in total. The number of nitrogens with one attached hydrogen (secondary N) is 2. The van der Waals surface area contributed by atoms with Gasteiger partial charge in [0.25, 0.3) is 0 Å². The smallest absolute Gasteiger partial charge is 0.249 e. The highest BCUT2D eigenvalue weighted by atomic mass is 35.5. The first-order valence-electron chi connectivity index (χ1n) is 11.4. The Bertz CT molecular complexity index is 1180. The molecule has 0 spiro atoms. The standard InChI is InChI=1S/C26H31ClN6O2/c27-20-11-9-17(10-12-20)15-22(29)24(34)32-23(25(35)33-26(30)31-14-4-13-28)16-19-7-3-6-18-5-1-2-8-21(18)19/h1-3,5-12,22-23H,4,13-16,28-29H2,(H,32,34)(H3,30,31,33,35)/t22-,23+/m1/s1. The van der Waals surface area contributed by atoms with Crippen LogP contribution in [0.25, 0.3) is 10.8 Å². The molecule has 0 bridgehead atoms. The zero-order chi connectivity index (χ0) is 25.2. The molecule has 0 aliphatic carbocycles. The number of benzene rings is 3. The lowest BCUT2D eigenvalue weighted by atomic mass is 9.98. The van der Waals surface area contributed by atoms with Crippen LogP contribution in [0.15, 0.2) is 71.7 Å². The number of hydrogen-bond acceptors (Lipinski definition) is 5. The second-order valence-electron chi connectivity index (χ2n) is 8.24. The third-order valence-corrected chi connectivity index (χ3v) is 5.79. The summed E-state index contributed by atoms with van der Waals surface area (Å²) < 4.78 is 0. The summed E-state index contributed by atoms with van der Waals surface area (Å²) in [5.41, 5.74) is 19.3. The first-order chi connectivity index (χ1) is 16.9. The number of guanidine groups is 1. The molecule has 8 N–H and O–H groups in total. The summed E-state index contributed by atoms with van der Waals surface area (Å²) in [7, 11) is 0. The number of amides is 2. The van der Waals surface area contributed by atoms with Gasteiger partial charge < -0.3 is 22.5 Å². The number of carbonyl (C=O) groups is 2. The molecule has 2 atom stereocenters. The van der Waals surface area contributed by atoms with Crippen LogP contribution in [0.1, 0.15) is 17.5 Å². The molecule has 0 radical (unpaired) electrons. The maximum atomic E-state index is 13.1. The topological polar surface area (TPSA) is 149 Å². The Morgan fingerprint density at radius 1 is 0.943 bits per heavy atom. The summed E-state index contributed by atoms with van der Waals surface area (Å²) in [5.74, 6) is -0.941. The van der Waals surface area contributed by atoms with Gasteiger partial charge in [-0.2, -0.15) is 0 Å². The highest BCUT2D eigenvalue weighted by Gasteiger charge is 2.25. The fourth-order valence-corrected chi connectivity index (χ4v) is 3.82. The van der Waals surface area contributed by atoms with Crippen LogP contribution in [-0.4, -0.2) is 42.9 Å². The average molecular weight is 495 g/mol. The second-order valence-corrected chi connectivity index (χ2v) is 8.68. The largest absolute Gasteiger partial charge is 0.370 e. The first kappa shape index (κ1) is 26.2. The van der Waals surface area contributed by atoms with E-state index in [0.717, 1.165) is 21.9 Å². The molecule has 0 saturated carbocycles. The lowest BCUT2D eigenvalue weighted by Crippen LogP contribution is -2.54. The summed E-state index contributed by atoms with van der Waals surface area (Å²) in [6, 6.07) is 19.1. The number of halogens is 1. The van der Waals surface area contributed by atoms with E-state index in [0.29, 0.717) is 31.0 Å². The van der Waals surface area contributed by atoms with Crippen molar-refractivity contribution in [3.05, 3.63) is 82.9 Å². The van der Waals surface area contributed by atoms with E-state index in [4.69, 9.17) is 28.8 Å². The van der Waals surface area contributed by atoms with Gasteiger partial charge in [-0.25, -0.2) is 0 Å². The Balaban J connectivity index is 1.78. The minimum Gasteiger partial charge on any atom is -0.370 e. The van der Waals surface area contributed by atoms with Crippen molar-refractivity contribution >= 4 is 40.1 Å². The summed E-state index contributed by atoms with van der Waals surface area (Å²) >= 11 is 5.93. The van der Waals surface area contributed by atoms with Crippen molar-refractivity contribution in [2.45, 2.75) is 31.3 Å². The highest BCUT2D eigenvalue weighted by Crippen LogP contribution is 2.20. The van der Waals surface area contributed by atoms with Gasteiger partial charge in [0.2, 0.25) is 11.8 Å². The Kier molecular flexibility index (Phi) is 9.60. The molecule has 3 rings (SSSR count). The second kappa shape index (κ2) is 12.9. The number of aliphatic imine (C=N–C) groups is 1. The normalized spacial score (nSPS) is 13.3. The third-order valence-electron chi connectivity index (χ3n) is 5.54. The highest BCUT2D eigenvalue weighted by molar-refractivity contribution is 6.30. The maximum Gasteiger partial charge on any atom is 0.249 e. The average Bonchev–Trinajstić information content (AvgIpc) is 2.85. The molecular weight excluding hydrogens is 464 g/mol. The number of nitrogens with zero attached hydrogens (tertiary/aromatic N) is 1. The number of carbonyl (C=O) groups excluding carboxylic acids is 2. The lowest BCUT2D eigenvalue weighted by Gasteiger charge is -2.21. The van der Waals surface area contributed by atoms with Crippen molar-refractivity contribution in [3.63, 3.8) is 0 Å². The third kappa shape index (κ3) is 7.78. The molecule has 2 amide bonds. The molecule has 0 unspecified atom stereocenters. The van der Waals surface area contributed by atoms with Gasteiger partial charge in [-0.1, -0.05) is 66.2 Å². The summed E-state index contributed by atoms with van der Waals surface area (Å²) in [5, 5.41) is 8.02. The molecule has 35 heavy (non-hydrogen) atoms. The SMILES string of the molecule is NCCCN=C(N)NC(=O)[C@H](Cc1cccc2ccccc12)NC(=O)[C@H](N)Cc1ccc(Cl)cc1. The predicted octanol–water partition coefficient (Wildman–Crippen LogP) is 1.87. The van der Waals surface area contributed by atoms with E-state index in [-0.39, 0.29) is 12.4 Å². The lowest BCUT2D eigenvalue weighted by molar-refractivity contribution is -0.128. The molecular formula is C26H31ClN6O2. The Morgan fingerprint density at radius 2 is 1.66 bits per heavy atom. The molecule has 0 fully saturated rings. The van der Waals surface area contributed by atoms with Gasteiger partial charge in [0, 0.05) is 18.0 Å². The van der Waals surface area contributed by atoms with Crippen LogP contribution in [0.5, 0.6) is 0 Å². The Morgan fingerprint density at radius 3 is 2.40 bits per heavy atom. The molecule has 0 aromatic heterocycles. The minimum absolute atomic E-state index is 0.0221. The fourth-order valence-electron chi connectivity index (χ4n) is 3.69. The maximum absolute atomic E-state index is 13.1. The van der Waals surface area contributed by atoms with E-state index in [1.54, 1.807) is 12.1 Å². The van der Waals surface area contributed by atoms with E-state index in [2.05, 4.69) is 15.6 Å². The van der Waals surface area contributed by atoms with Crippen LogP contribution >= 0.6 is 11.6 Å². The van der Waals surface area contributed by atoms with Gasteiger partial charge in [-0.3, -0.25) is 19.9 Å². The molecule has 184 valence electrons. The monoisotopic (exact) mass is 494 g/mol. The molecule has 0 saturated heterocycles. The predicted molar refractivity (Wildman–Crippen MR) is 141 cm³/mol. The van der Waals surface area contributed by atoms with Gasteiger partial charge in [0.15, 0.2) is 5.96 Å². The summed E-state index contributed by atoms with van der Waals surface area (Å²) in [4.78, 5) is 30.2. The number of nitrogens with two attached hydrogens (primary N) is 3.